The van der Waals surface area contributed by atoms with Gasteiger partial charge in [0.05, 0.1) is 18.1 Å². The van der Waals surface area contributed by atoms with Crippen LogP contribution in [0.25, 0.3) is 0 Å². The van der Waals surface area contributed by atoms with Gasteiger partial charge in [0, 0.05) is 16.6 Å². The topological polar surface area (TPSA) is 66.5 Å². The molecule has 0 spiro atoms. The summed E-state index contributed by atoms with van der Waals surface area (Å²) in [6.07, 6.45) is 0.496. The number of nitrogens with one attached hydrogen (secondary N) is 1. The second-order valence-electron chi connectivity index (χ2n) is 5.56. The molecule has 1 aliphatic rings. The number of anilines is 1. The second-order valence-corrected chi connectivity index (χ2v) is 8.82. The van der Waals surface area contributed by atoms with Crippen molar-refractivity contribution in [1.82, 2.24) is 4.90 Å². The van der Waals surface area contributed by atoms with Gasteiger partial charge in [-0.25, -0.2) is 13.2 Å². The van der Waals surface area contributed by atoms with Crippen LogP contribution < -0.4 is 5.32 Å². The van der Waals surface area contributed by atoms with E-state index in [1.807, 2.05) is 47.8 Å². The molecule has 2 heterocycles. The van der Waals surface area contributed by atoms with Crippen LogP contribution in [0.5, 0.6) is 0 Å². The number of urea groups is 1. The lowest BCUT2D eigenvalue weighted by Crippen LogP contribution is -2.42. The van der Waals surface area contributed by atoms with Crippen molar-refractivity contribution < 1.29 is 13.2 Å². The van der Waals surface area contributed by atoms with Crippen molar-refractivity contribution >= 4 is 32.9 Å². The number of nitrogens with zero attached hydrogens (tertiary/aromatic N) is 1. The third-order valence-electron chi connectivity index (χ3n) is 3.84. The molecule has 0 bridgehead atoms. The summed E-state index contributed by atoms with van der Waals surface area (Å²) in [7, 11) is -3.04. The summed E-state index contributed by atoms with van der Waals surface area (Å²) in [5.41, 5.74) is 0.703. The van der Waals surface area contributed by atoms with Crippen molar-refractivity contribution in [3.05, 3.63) is 52.7 Å². The smallest absolute Gasteiger partial charge is 0.315 e. The van der Waals surface area contributed by atoms with Crippen molar-refractivity contribution in [2.75, 3.05) is 16.8 Å². The van der Waals surface area contributed by atoms with Crippen LogP contribution in [0.15, 0.2) is 47.8 Å². The van der Waals surface area contributed by atoms with E-state index in [0.29, 0.717) is 18.7 Å². The Morgan fingerprint density at radius 3 is 2.61 bits per heavy atom. The van der Waals surface area contributed by atoms with Gasteiger partial charge < -0.3 is 10.2 Å². The van der Waals surface area contributed by atoms with E-state index in [-0.39, 0.29) is 23.6 Å². The van der Waals surface area contributed by atoms with E-state index < -0.39 is 9.84 Å². The van der Waals surface area contributed by atoms with E-state index in [1.54, 1.807) is 16.2 Å². The molecule has 1 N–H and O–H groups in total. The molecule has 1 aliphatic heterocycles. The van der Waals surface area contributed by atoms with E-state index in [4.69, 9.17) is 0 Å². The number of hydrogen-bond donors (Lipinski definition) is 1. The number of benzene rings is 1. The highest BCUT2D eigenvalue weighted by Crippen LogP contribution is 2.23. The molecule has 1 saturated heterocycles. The zero-order valence-corrected chi connectivity index (χ0v) is 14.1. The molecular formula is C16H18N2O3S2. The van der Waals surface area contributed by atoms with E-state index >= 15 is 0 Å². The molecule has 7 heteroatoms. The highest BCUT2D eigenvalue weighted by atomic mass is 32.2. The third kappa shape index (κ3) is 4.11. The first-order valence-corrected chi connectivity index (χ1v) is 10.1. The van der Waals surface area contributed by atoms with Gasteiger partial charge >= 0.3 is 6.03 Å². The normalized spacial score (nSPS) is 19.4. The molecule has 1 atom stereocenters. The zero-order valence-electron chi connectivity index (χ0n) is 12.5. The van der Waals surface area contributed by atoms with E-state index in [2.05, 4.69) is 5.32 Å². The highest BCUT2D eigenvalue weighted by Gasteiger charge is 2.34. The lowest BCUT2D eigenvalue weighted by molar-refractivity contribution is 0.191. The van der Waals surface area contributed by atoms with Gasteiger partial charge in [0.2, 0.25) is 0 Å². The molecule has 0 saturated carbocycles. The number of carbonyl (C=O) groups is 1. The maximum absolute atomic E-state index is 12.7. The largest absolute Gasteiger partial charge is 0.322 e. The zero-order chi connectivity index (χ0) is 16.3. The first-order chi connectivity index (χ1) is 11.0. The minimum atomic E-state index is -3.04. The number of amides is 2. The lowest BCUT2D eigenvalue weighted by atomic mass is 10.2. The van der Waals surface area contributed by atoms with Gasteiger partial charge in [0.15, 0.2) is 9.84 Å². The summed E-state index contributed by atoms with van der Waals surface area (Å²) in [4.78, 5) is 15.3. The van der Waals surface area contributed by atoms with Crippen LogP contribution in [-0.4, -0.2) is 36.9 Å². The van der Waals surface area contributed by atoms with Gasteiger partial charge in [-0.15, -0.1) is 11.3 Å². The van der Waals surface area contributed by atoms with E-state index in [0.717, 1.165) is 4.88 Å². The van der Waals surface area contributed by atoms with Gasteiger partial charge in [-0.05, 0) is 30.0 Å². The Morgan fingerprint density at radius 2 is 2.00 bits per heavy atom. The van der Waals surface area contributed by atoms with E-state index in [1.165, 1.54) is 0 Å². The molecule has 23 heavy (non-hydrogen) atoms. The molecule has 0 radical (unpaired) electrons. The highest BCUT2D eigenvalue weighted by molar-refractivity contribution is 7.91. The fraction of sp³-hybridized carbons (Fsp3) is 0.312. The fourth-order valence-corrected chi connectivity index (χ4v) is 5.11. The van der Waals surface area contributed by atoms with Gasteiger partial charge in [-0.1, -0.05) is 24.3 Å². The fourth-order valence-electron chi connectivity index (χ4n) is 2.68. The van der Waals surface area contributed by atoms with E-state index in [9.17, 15) is 13.2 Å². The standard InChI is InChI=1S/C16H18N2O3S2/c19-16(17-13-5-2-1-3-6-13)18(11-15-7-4-9-22-15)14-8-10-23(20,21)12-14/h1-7,9,14H,8,10-12H2,(H,17,19)/t14-/m1/s1. The molecule has 2 aromatic rings. The minimum absolute atomic E-state index is 0.0422. The maximum atomic E-state index is 12.7. The van der Waals surface area contributed by atoms with Crippen LogP contribution in [0, 0.1) is 0 Å². The van der Waals surface area contributed by atoms with Gasteiger partial charge in [-0.2, -0.15) is 0 Å². The summed E-state index contributed by atoms with van der Waals surface area (Å²) >= 11 is 1.56. The van der Waals surface area contributed by atoms with Crippen molar-refractivity contribution in [2.24, 2.45) is 0 Å². The molecule has 1 aromatic carbocycles. The number of carbonyl (C=O) groups excluding carboxylic acids is 1. The monoisotopic (exact) mass is 350 g/mol. The Morgan fingerprint density at radius 1 is 1.22 bits per heavy atom. The van der Waals surface area contributed by atoms with Crippen molar-refractivity contribution in [2.45, 2.75) is 19.0 Å². The van der Waals surface area contributed by atoms with Gasteiger partial charge in [0.1, 0.15) is 0 Å². The molecule has 5 nitrogen and oxygen atoms in total. The Kier molecular flexibility index (Phi) is 4.68. The average molecular weight is 350 g/mol. The predicted octanol–water partition coefficient (Wildman–Crippen LogP) is 2.97. The van der Waals surface area contributed by atoms with Crippen molar-refractivity contribution in [3.8, 4) is 0 Å². The summed E-state index contributed by atoms with van der Waals surface area (Å²) < 4.78 is 23.5. The Hall–Kier alpha value is -1.86. The predicted molar refractivity (Wildman–Crippen MR) is 92.4 cm³/mol. The first-order valence-electron chi connectivity index (χ1n) is 7.39. The Labute approximate surface area is 139 Å². The summed E-state index contributed by atoms with van der Waals surface area (Å²) in [5, 5.41) is 4.81. The second kappa shape index (κ2) is 6.72. The molecule has 3 rings (SSSR count). The van der Waals surface area contributed by atoms with Crippen LogP contribution in [0.4, 0.5) is 10.5 Å². The van der Waals surface area contributed by atoms with Gasteiger partial charge in [0.25, 0.3) is 0 Å². The minimum Gasteiger partial charge on any atom is -0.315 e. The Balaban J connectivity index is 1.78. The molecule has 2 amide bonds. The lowest BCUT2D eigenvalue weighted by Gasteiger charge is -2.28. The SMILES string of the molecule is O=C(Nc1ccccc1)N(Cc1cccs1)[C@@H]1CCS(=O)(=O)C1. The molecule has 1 fully saturated rings. The average Bonchev–Trinajstić information content (AvgIpc) is 3.15. The molecular weight excluding hydrogens is 332 g/mol. The van der Waals surface area contributed by atoms with Crippen LogP contribution in [0.2, 0.25) is 0 Å². The molecule has 122 valence electrons. The number of rotatable bonds is 4. The summed E-state index contributed by atoms with van der Waals surface area (Å²) in [5.74, 6) is 0.192. The summed E-state index contributed by atoms with van der Waals surface area (Å²) in [6.45, 7) is 0.427. The van der Waals surface area contributed by atoms with Crippen LogP contribution in [-0.2, 0) is 16.4 Å². The number of hydrogen-bond acceptors (Lipinski definition) is 4. The van der Waals surface area contributed by atoms with Crippen LogP contribution in [0.3, 0.4) is 0 Å². The number of para-hydroxylation sites is 1. The Bertz CT molecular complexity index is 758. The molecule has 1 aromatic heterocycles. The van der Waals surface area contributed by atoms with Crippen LogP contribution >= 0.6 is 11.3 Å². The van der Waals surface area contributed by atoms with Gasteiger partial charge in [-0.3, -0.25) is 0 Å². The molecule has 0 unspecified atom stereocenters. The first kappa shape index (κ1) is 16.0. The maximum Gasteiger partial charge on any atom is 0.322 e. The third-order valence-corrected chi connectivity index (χ3v) is 6.45. The number of sulfone groups is 1. The number of thiophene rings is 1. The molecule has 0 aliphatic carbocycles. The van der Waals surface area contributed by atoms with Crippen LogP contribution in [0.1, 0.15) is 11.3 Å². The van der Waals surface area contributed by atoms with Crippen molar-refractivity contribution in [3.63, 3.8) is 0 Å². The quantitative estimate of drug-likeness (QED) is 0.922. The van der Waals surface area contributed by atoms with Crippen molar-refractivity contribution in [1.29, 1.82) is 0 Å². The summed E-state index contributed by atoms with van der Waals surface area (Å²) in [6, 6.07) is 12.5.